The van der Waals surface area contributed by atoms with Gasteiger partial charge in [0.05, 0.1) is 12.9 Å². The molecular weight excluding hydrogens is 224 g/mol. The lowest BCUT2D eigenvalue weighted by atomic mass is 9.89. The van der Waals surface area contributed by atoms with Gasteiger partial charge in [-0.2, -0.15) is 0 Å². The molecule has 0 fully saturated rings. The number of benzene rings is 1. The Morgan fingerprint density at radius 3 is 2.67 bits per heavy atom. The SMILES string of the molecule is C=CCC(O)(Cn1ccnc1)c1ccc(C)cc1. The van der Waals surface area contributed by atoms with Crippen LogP contribution < -0.4 is 0 Å². The molecule has 0 saturated carbocycles. The third kappa shape index (κ3) is 2.68. The minimum absolute atomic E-state index is 0.474. The molecule has 0 aliphatic heterocycles. The van der Waals surface area contributed by atoms with E-state index in [-0.39, 0.29) is 0 Å². The zero-order chi connectivity index (χ0) is 13.0. The summed E-state index contributed by atoms with van der Waals surface area (Å²) in [4.78, 5) is 4.00. The number of nitrogens with zero attached hydrogens (tertiary/aromatic N) is 2. The number of hydrogen-bond donors (Lipinski definition) is 1. The molecule has 0 radical (unpaired) electrons. The summed E-state index contributed by atoms with van der Waals surface area (Å²) in [5, 5.41) is 10.8. The molecule has 1 atom stereocenters. The summed E-state index contributed by atoms with van der Waals surface area (Å²) in [6.07, 6.45) is 7.53. The number of rotatable bonds is 5. The van der Waals surface area contributed by atoms with Gasteiger partial charge >= 0.3 is 0 Å². The summed E-state index contributed by atoms with van der Waals surface area (Å²) in [7, 11) is 0. The first-order valence-corrected chi connectivity index (χ1v) is 6.00. The second kappa shape index (κ2) is 5.19. The van der Waals surface area contributed by atoms with Crippen LogP contribution in [0.4, 0.5) is 0 Å². The Morgan fingerprint density at radius 1 is 1.39 bits per heavy atom. The average molecular weight is 242 g/mol. The van der Waals surface area contributed by atoms with Crippen LogP contribution in [0.25, 0.3) is 0 Å². The van der Waals surface area contributed by atoms with Crippen LogP contribution in [0.15, 0.2) is 55.6 Å². The zero-order valence-corrected chi connectivity index (χ0v) is 10.6. The first-order valence-electron chi connectivity index (χ1n) is 6.00. The molecule has 0 aliphatic carbocycles. The van der Waals surface area contributed by atoms with Crippen molar-refractivity contribution in [2.45, 2.75) is 25.5 Å². The monoisotopic (exact) mass is 242 g/mol. The second-order valence-corrected chi connectivity index (χ2v) is 4.63. The Kier molecular flexibility index (Phi) is 3.63. The van der Waals surface area contributed by atoms with Crippen molar-refractivity contribution in [3.8, 4) is 0 Å². The molecule has 1 aromatic heterocycles. The number of aryl methyl sites for hydroxylation is 1. The molecule has 2 rings (SSSR count). The number of hydrogen-bond acceptors (Lipinski definition) is 2. The summed E-state index contributed by atoms with van der Waals surface area (Å²) in [5.74, 6) is 0. The van der Waals surface area contributed by atoms with E-state index in [1.807, 2.05) is 42.0 Å². The summed E-state index contributed by atoms with van der Waals surface area (Å²) < 4.78 is 1.88. The van der Waals surface area contributed by atoms with Gasteiger partial charge in [0.25, 0.3) is 0 Å². The normalized spacial score (nSPS) is 14.1. The fourth-order valence-corrected chi connectivity index (χ4v) is 2.06. The minimum atomic E-state index is -0.934. The predicted molar refractivity (Wildman–Crippen MR) is 72.1 cm³/mol. The summed E-state index contributed by atoms with van der Waals surface area (Å²) in [5.41, 5.74) is 1.15. The standard InChI is InChI=1S/C15H18N2O/c1-3-8-15(18,11-17-10-9-16-12-17)14-6-4-13(2)5-7-14/h3-7,9-10,12,18H,1,8,11H2,2H3. The van der Waals surface area contributed by atoms with Gasteiger partial charge in [0.2, 0.25) is 0 Å². The van der Waals surface area contributed by atoms with E-state index in [2.05, 4.69) is 11.6 Å². The molecule has 3 nitrogen and oxygen atoms in total. The molecule has 3 heteroatoms. The smallest absolute Gasteiger partial charge is 0.111 e. The van der Waals surface area contributed by atoms with Crippen molar-refractivity contribution in [3.63, 3.8) is 0 Å². The van der Waals surface area contributed by atoms with Gasteiger partial charge in [-0.05, 0) is 18.9 Å². The lowest BCUT2D eigenvalue weighted by molar-refractivity contribution is 0.0213. The van der Waals surface area contributed by atoms with E-state index in [1.165, 1.54) is 5.56 Å². The molecule has 94 valence electrons. The van der Waals surface area contributed by atoms with Crippen LogP contribution in [0.3, 0.4) is 0 Å². The molecule has 2 aromatic rings. The highest BCUT2D eigenvalue weighted by Crippen LogP contribution is 2.27. The van der Waals surface area contributed by atoms with E-state index in [1.54, 1.807) is 18.6 Å². The third-order valence-corrected chi connectivity index (χ3v) is 3.07. The summed E-state index contributed by atoms with van der Waals surface area (Å²) >= 11 is 0. The molecule has 1 heterocycles. The molecule has 0 saturated heterocycles. The molecule has 1 aromatic carbocycles. The maximum atomic E-state index is 10.8. The van der Waals surface area contributed by atoms with E-state index in [0.717, 1.165) is 5.56 Å². The van der Waals surface area contributed by atoms with Gasteiger partial charge in [0.15, 0.2) is 0 Å². The van der Waals surface area contributed by atoms with Crippen LogP contribution in [0, 0.1) is 6.92 Å². The molecule has 0 amide bonds. The van der Waals surface area contributed by atoms with Crippen molar-refractivity contribution in [3.05, 3.63) is 66.8 Å². The Hall–Kier alpha value is -1.87. The molecule has 0 aliphatic rings. The third-order valence-electron chi connectivity index (χ3n) is 3.07. The highest BCUT2D eigenvalue weighted by Gasteiger charge is 2.28. The lowest BCUT2D eigenvalue weighted by Crippen LogP contribution is -2.30. The van der Waals surface area contributed by atoms with Gasteiger partial charge in [-0.15, -0.1) is 6.58 Å². The van der Waals surface area contributed by atoms with Crippen molar-refractivity contribution < 1.29 is 5.11 Å². The Balaban J connectivity index is 2.30. The van der Waals surface area contributed by atoms with Gasteiger partial charge < -0.3 is 9.67 Å². The zero-order valence-electron chi connectivity index (χ0n) is 10.6. The predicted octanol–water partition coefficient (Wildman–Crippen LogP) is 2.66. The van der Waals surface area contributed by atoms with Gasteiger partial charge in [0, 0.05) is 12.4 Å². The lowest BCUT2D eigenvalue weighted by Gasteiger charge is -2.28. The topological polar surface area (TPSA) is 38.0 Å². The van der Waals surface area contributed by atoms with Crippen LogP contribution in [0.5, 0.6) is 0 Å². The van der Waals surface area contributed by atoms with Gasteiger partial charge in [-0.3, -0.25) is 0 Å². The maximum absolute atomic E-state index is 10.8. The molecular formula is C15H18N2O. The first kappa shape index (κ1) is 12.6. The molecule has 1 unspecified atom stereocenters. The summed E-state index contributed by atoms with van der Waals surface area (Å²) in [6, 6.07) is 7.96. The fraction of sp³-hybridized carbons (Fsp3) is 0.267. The van der Waals surface area contributed by atoms with Crippen LogP contribution in [0.2, 0.25) is 0 Å². The highest BCUT2D eigenvalue weighted by atomic mass is 16.3. The quantitative estimate of drug-likeness (QED) is 0.818. The molecule has 0 spiro atoms. The van der Waals surface area contributed by atoms with Gasteiger partial charge in [0.1, 0.15) is 5.60 Å². The largest absolute Gasteiger partial charge is 0.383 e. The van der Waals surface area contributed by atoms with Crippen molar-refractivity contribution in [1.29, 1.82) is 0 Å². The molecule has 18 heavy (non-hydrogen) atoms. The highest BCUT2D eigenvalue weighted by molar-refractivity contribution is 5.27. The van der Waals surface area contributed by atoms with Crippen molar-refractivity contribution >= 4 is 0 Å². The first-order chi connectivity index (χ1) is 8.64. The molecule has 1 N–H and O–H groups in total. The van der Waals surface area contributed by atoms with E-state index in [0.29, 0.717) is 13.0 Å². The van der Waals surface area contributed by atoms with Crippen molar-refractivity contribution in [1.82, 2.24) is 9.55 Å². The van der Waals surface area contributed by atoms with Gasteiger partial charge in [-0.25, -0.2) is 4.98 Å². The number of aliphatic hydroxyl groups is 1. The maximum Gasteiger partial charge on any atom is 0.111 e. The van der Waals surface area contributed by atoms with Crippen molar-refractivity contribution in [2.75, 3.05) is 0 Å². The van der Waals surface area contributed by atoms with Crippen molar-refractivity contribution in [2.24, 2.45) is 0 Å². The van der Waals surface area contributed by atoms with E-state index >= 15 is 0 Å². The Labute approximate surface area is 107 Å². The Morgan fingerprint density at radius 2 is 2.11 bits per heavy atom. The van der Waals surface area contributed by atoms with Gasteiger partial charge in [-0.1, -0.05) is 35.9 Å². The minimum Gasteiger partial charge on any atom is -0.383 e. The van der Waals surface area contributed by atoms with E-state index < -0.39 is 5.60 Å². The van der Waals surface area contributed by atoms with Crippen LogP contribution in [-0.4, -0.2) is 14.7 Å². The molecule has 0 bridgehead atoms. The average Bonchev–Trinajstić information content (AvgIpc) is 2.82. The van der Waals surface area contributed by atoms with Crippen LogP contribution in [0.1, 0.15) is 17.5 Å². The number of aromatic nitrogens is 2. The summed E-state index contributed by atoms with van der Waals surface area (Å²) in [6.45, 7) is 6.24. The Bertz CT molecular complexity index is 502. The number of imidazole rings is 1. The van der Waals surface area contributed by atoms with Crippen LogP contribution in [-0.2, 0) is 12.1 Å². The second-order valence-electron chi connectivity index (χ2n) is 4.63. The van der Waals surface area contributed by atoms with E-state index in [9.17, 15) is 5.11 Å². The van der Waals surface area contributed by atoms with E-state index in [4.69, 9.17) is 0 Å². The fourth-order valence-electron chi connectivity index (χ4n) is 2.06. The van der Waals surface area contributed by atoms with Crippen LogP contribution >= 0.6 is 0 Å².